The van der Waals surface area contributed by atoms with E-state index in [0.29, 0.717) is 0 Å². The smallest absolute Gasteiger partial charge is 0.303 e. The van der Waals surface area contributed by atoms with Gasteiger partial charge >= 0.3 is 5.97 Å². The van der Waals surface area contributed by atoms with Gasteiger partial charge in [0.1, 0.15) is 12.2 Å². The molecule has 1 heterocycles. The maximum atomic E-state index is 12.3. The average molecular weight is 346 g/mol. The molecule has 8 nitrogen and oxygen atoms in total. The third kappa shape index (κ3) is 5.14. The van der Waals surface area contributed by atoms with Crippen molar-refractivity contribution in [1.29, 1.82) is 5.26 Å². The van der Waals surface area contributed by atoms with Crippen LogP contribution in [0.15, 0.2) is 12.4 Å². The van der Waals surface area contributed by atoms with Crippen LogP contribution in [0, 0.1) is 11.3 Å². The van der Waals surface area contributed by atoms with E-state index in [2.05, 4.69) is 15.3 Å². The molecule has 0 aliphatic heterocycles. The second-order valence-electron chi connectivity index (χ2n) is 6.49. The Morgan fingerprint density at radius 3 is 2.48 bits per heavy atom. The first-order valence-corrected chi connectivity index (χ1v) is 8.20. The zero-order valence-electron chi connectivity index (χ0n) is 14.6. The standard InChI is InChI=1S/C17H22N4O4/c1-11(22)25-17(2,3)16(23)21-12-4-6-13(7-5-12)24-15-14(10-18)19-8-9-20-15/h8-9,12-13H,4-7H2,1-3H3,(H,21,23). The molecule has 0 spiro atoms. The molecular formula is C17H22N4O4. The first-order valence-electron chi connectivity index (χ1n) is 8.20. The fourth-order valence-electron chi connectivity index (χ4n) is 2.74. The van der Waals surface area contributed by atoms with E-state index in [4.69, 9.17) is 14.7 Å². The highest BCUT2D eigenvalue weighted by Crippen LogP contribution is 2.24. The van der Waals surface area contributed by atoms with E-state index in [-0.39, 0.29) is 29.6 Å². The summed E-state index contributed by atoms with van der Waals surface area (Å²) in [5, 5.41) is 11.9. The van der Waals surface area contributed by atoms with Crippen molar-refractivity contribution in [3.05, 3.63) is 18.1 Å². The van der Waals surface area contributed by atoms with Crippen LogP contribution in [0.1, 0.15) is 52.1 Å². The number of nitrogens with zero attached hydrogens (tertiary/aromatic N) is 3. The van der Waals surface area contributed by atoms with Crippen molar-refractivity contribution >= 4 is 11.9 Å². The molecule has 0 atom stereocenters. The van der Waals surface area contributed by atoms with Crippen molar-refractivity contribution in [3.8, 4) is 11.9 Å². The van der Waals surface area contributed by atoms with Crippen LogP contribution in [0.2, 0.25) is 0 Å². The van der Waals surface area contributed by atoms with Crippen LogP contribution in [-0.2, 0) is 14.3 Å². The van der Waals surface area contributed by atoms with E-state index in [9.17, 15) is 9.59 Å². The third-order valence-corrected chi connectivity index (χ3v) is 4.00. The molecule has 1 aliphatic carbocycles. The van der Waals surface area contributed by atoms with Gasteiger partial charge in [0.2, 0.25) is 5.69 Å². The van der Waals surface area contributed by atoms with E-state index in [0.717, 1.165) is 25.7 Å². The van der Waals surface area contributed by atoms with Gasteiger partial charge in [0, 0.05) is 25.4 Å². The van der Waals surface area contributed by atoms with Crippen LogP contribution in [-0.4, -0.2) is 39.6 Å². The molecule has 2 rings (SSSR count). The minimum atomic E-state index is -1.19. The molecule has 1 aliphatic rings. The number of ether oxygens (including phenoxy) is 2. The maximum Gasteiger partial charge on any atom is 0.303 e. The lowest BCUT2D eigenvalue weighted by atomic mass is 9.92. The zero-order valence-corrected chi connectivity index (χ0v) is 14.6. The molecule has 25 heavy (non-hydrogen) atoms. The average Bonchev–Trinajstić information content (AvgIpc) is 2.56. The van der Waals surface area contributed by atoms with Crippen LogP contribution in [0.5, 0.6) is 5.88 Å². The fourth-order valence-corrected chi connectivity index (χ4v) is 2.74. The molecule has 0 aromatic carbocycles. The molecule has 1 N–H and O–H groups in total. The van der Waals surface area contributed by atoms with Crippen LogP contribution in [0.3, 0.4) is 0 Å². The summed E-state index contributed by atoms with van der Waals surface area (Å²) >= 11 is 0. The van der Waals surface area contributed by atoms with Crippen LogP contribution in [0.25, 0.3) is 0 Å². The molecule has 8 heteroatoms. The van der Waals surface area contributed by atoms with Crippen molar-refractivity contribution in [2.24, 2.45) is 0 Å². The number of esters is 1. The van der Waals surface area contributed by atoms with Crippen molar-refractivity contribution in [1.82, 2.24) is 15.3 Å². The molecule has 0 saturated heterocycles. The molecule has 1 aromatic heterocycles. The summed E-state index contributed by atoms with van der Waals surface area (Å²) in [4.78, 5) is 31.3. The number of aromatic nitrogens is 2. The van der Waals surface area contributed by atoms with Gasteiger partial charge in [0.25, 0.3) is 11.8 Å². The second-order valence-corrected chi connectivity index (χ2v) is 6.49. The molecule has 0 unspecified atom stereocenters. The van der Waals surface area contributed by atoms with Gasteiger partial charge in [0.05, 0.1) is 0 Å². The van der Waals surface area contributed by atoms with E-state index < -0.39 is 11.6 Å². The first kappa shape index (κ1) is 18.6. The Morgan fingerprint density at radius 2 is 1.88 bits per heavy atom. The predicted octanol–water partition coefficient (Wildman–Crippen LogP) is 1.50. The quantitative estimate of drug-likeness (QED) is 0.803. The van der Waals surface area contributed by atoms with Gasteiger partial charge in [-0.3, -0.25) is 9.59 Å². The Balaban J connectivity index is 1.85. The minimum absolute atomic E-state index is 0.000483. The largest absolute Gasteiger partial charge is 0.472 e. The van der Waals surface area contributed by atoms with E-state index in [1.165, 1.54) is 19.3 Å². The normalized spacial score (nSPS) is 20.2. The topological polar surface area (TPSA) is 114 Å². The van der Waals surface area contributed by atoms with Gasteiger partial charge in [-0.2, -0.15) is 5.26 Å². The summed E-state index contributed by atoms with van der Waals surface area (Å²) in [7, 11) is 0. The van der Waals surface area contributed by atoms with Crippen molar-refractivity contribution < 1.29 is 19.1 Å². The van der Waals surface area contributed by atoms with E-state index in [1.54, 1.807) is 13.8 Å². The summed E-state index contributed by atoms with van der Waals surface area (Å²) < 4.78 is 10.8. The lowest BCUT2D eigenvalue weighted by Crippen LogP contribution is -2.50. The molecule has 134 valence electrons. The number of carbonyl (C=O) groups excluding carboxylic acids is 2. The number of amides is 1. The first-order chi connectivity index (χ1) is 11.8. The predicted molar refractivity (Wildman–Crippen MR) is 87.4 cm³/mol. The van der Waals surface area contributed by atoms with Gasteiger partial charge in [-0.05, 0) is 39.5 Å². The van der Waals surface area contributed by atoms with Gasteiger partial charge in [-0.15, -0.1) is 0 Å². The molecule has 1 aromatic rings. The summed E-state index contributed by atoms with van der Waals surface area (Å²) in [6.45, 7) is 4.41. The Morgan fingerprint density at radius 1 is 1.24 bits per heavy atom. The number of hydrogen-bond acceptors (Lipinski definition) is 7. The molecular weight excluding hydrogens is 324 g/mol. The maximum absolute atomic E-state index is 12.3. The number of nitrogens with one attached hydrogen (secondary N) is 1. The second kappa shape index (κ2) is 7.92. The molecule has 1 amide bonds. The van der Waals surface area contributed by atoms with Gasteiger partial charge < -0.3 is 14.8 Å². The lowest BCUT2D eigenvalue weighted by Gasteiger charge is -2.31. The Bertz CT molecular complexity index is 675. The Labute approximate surface area is 146 Å². The molecule has 0 radical (unpaired) electrons. The SMILES string of the molecule is CC(=O)OC(C)(C)C(=O)NC1CCC(Oc2nccnc2C#N)CC1. The highest BCUT2D eigenvalue weighted by Gasteiger charge is 2.33. The summed E-state index contributed by atoms with van der Waals surface area (Å²) in [5.74, 6) is -0.559. The van der Waals surface area contributed by atoms with Gasteiger partial charge in [-0.1, -0.05) is 0 Å². The van der Waals surface area contributed by atoms with Crippen molar-refractivity contribution in [2.75, 3.05) is 0 Å². The third-order valence-electron chi connectivity index (χ3n) is 4.00. The van der Waals surface area contributed by atoms with Crippen molar-refractivity contribution in [3.63, 3.8) is 0 Å². The van der Waals surface area contributed by atoms with Crippen LogP contribution in [0.4, 0.5) is 0 Å². The highest BCUT2D eigenvalue weighted by atomic mass is 16.6. The number of nitriles is 1. The molecule has 1 saturated carbocycles. The Hall–Kier alpha value is -2.69. The monoisotopic (exact) mass is 346 g/mol. The lowest BCUT2D eigenvalue weighted by molar-refractivity contribution is -0.163. The highest BCUT2D eigenvalue weighted by molar-refractivity contribution is 5.86. The van der Waals surface area contributed by atoms with E-state index >= 15 is 0 Å². The van der Waals surface area contributed by atoms with E-state index in [1.807, 2.05) is 6.07 Å². The van der Waals surface area contributed by atoms with Gasteiger partial charge in [0.15, 0.2) is 5.60 Å². The minimum Gasteiger partial charge on any atom is -0.472 e. The van der Waals surface area contributed by atoms with Gasteiger partial charge in [-0.25, -0.2) is 9.97 Å². The zero-order chi connectivity index (χ0) is 18.4. The summed E-state index contributed by atoms with van der Waals surface area (Å²) in [6.07, 6.45) is 5.77. The van der Waals surface area contributed by atoms with Crippen LogP contribution >= 0.6 is 0 Å². The summed E-state index contributed by atoms with van der Waals surface area (Å²) in [5.41, 5.74) is -1.03. The van der Waals surface area contributed by atoms with Crippen LogP contribution < -0.4 is 10.1 Å². The number of rotatable bonds is 5. The number of carbonyl (C=O) groups is 2. The molecule has 1 fully saturated rings. The number of hydrogen-bond donors (Lipinski definition) is 1. The summed E-state index contributed by atoms with van der Waals surface area (Å²) in [6, 6.07) is 1.95. The van der Waals surface area contributed by atoms with Crippen molar-refractivity contribution in [2.45, 2.75) is 64.2 Å². The molecule has 0 bridgehead atoms. The fraction of sp³-hybridized carbons (Fsp3) is 0.588. The Kier molecular flexibility index (Phi) is 5.91.